The molecule has 1 heterocycles. The summed E-state index contributed by atoms with van der Waals surface area (Å²) in [6.45, 7) is 4.72. The molecule has 1 aliphatic carbocycles. The number of benzene rings is 2. The average Bonchev–Trinajstić information content (AvgIpc) is 2.99. The van der Waals surface area contributed by atoms with Gasteiger partial charge in [-0.1, -0.05) is 48.5 Å². The Labute approximate surface area is 159 Å². The zero-order chi connectivity index (χ0) is 19.0. The Balaban J connectivity index is 1.52. The van der Waals surface area contributed by atoms with Gasteiger partial charge in [0.2, 0.25) is 0 Å². The van der Waals surface area contributed by atoms with Crippen molar-refractivity contribution in [2.24, 2.45) is 0 Å². The number of carbonyl (C=O) groups excluding carboxylic acids is 1. The predicted molar refractivity (Wildman–Crippen MR) is 103 cm³/mol. The van der Waals surface area contributed by atoms with Crippen molar-refractivity contribution in [1.29, 1.82) is 0 Å². The molecule has 0 radical (unpaired) electrons. The summed E-state index contributed by atoms with van der Waals surface area (Å²) in [5.41, 5.74) is 4.34. The second kappa shape index (κ2) is 6.98. The van der Waals surface area contributed by atoms with Gasteiger partial charge in [-0.3, -0.25) is 4.90 Å². The highest BCUT2D eigenvalue weighted by molar-refractivity contribution is 5.79. The molecule has 0 spiro atoms. The third-order valence-corrected chi connectivity index (χ3v) is 5.44. The van der Waals surface area contributed by atoms with E-state index in [4.69, 9.17) is 9.47 Å². The maximum absolute atomic E-state index is 12.8. The Morgan fingerprint density at radius 3 is 2.33 bits per heavy atom. The van der Waals surface area contributed by atoms with E-state index in [9.17, 15) is 9.90 Å². The van der Waals surface area contributed by atoms with Gasteiger partial charge in [-0.05, 0) is 36.1 Å². The highest BCUT2D eigenvalue weighted by Crippen LogP contribution is 2.44. The summed E-state index contributed by atoms with van der Waals surface area (Å²) in [7, 11) is 0. The van der Waals surface area contributed by atoms with Crippen molar-refractivity contribution in [2.75, 3.05) is 26.4 Å². The van der Waals surface area contributed by atoms with Gasteiger partial charge in [0.15, 0.2) is 0 Å². The van der Waals surface area contributed by atoms with Gasteiger partial charge in [0.25, 0.3) is 0 Å². The van der Waals surface area contributed by atoms with Gasteiger partial charge in [-0.25, -0.2) is 4.79 Å². The standard InChI is InChI=1S/C22H25NO4/c1-22(2)14-23(15(11-24)12-27-22)21(25)26-13-20-18-9-5-3-7-16(18)17-8-4-6-10-19(17)20/h3-10,15,20,24H,11-14H2,1-2H3. The highest BCUT2D eigenvalue weighted by atomic mass is 16.6. The quantitative estimate of drug-likeness (QED) is 0.903. The first kappa shape index (κ1) is 18.0. The maximum atomic E-state index is 12.8. The second-order valence-electron chi connectivity index (χ2n) is 7.84. The summed E-state index contributed by atoms with van der Waals surface area (Å²) in [4.78, 5) is 14.4. The lowest BCUT2D eigenvalue weighted by molar-refractivity contribution is -0.115. The van der Waals surface area contributed by atoms with Gasteiger partial charge in [-0.2, -0.15) is 0 Å². The molecule has 1 fully saturated rings. The van der Waals surface area contributed by atoms with Crippen molar-refractivity contribution in [1.82, 2.24) is 4.90 Å². The molecule has 2 aromatic carbocycles. The summed E-state index contributed by atoms with van der Waals surface area (Å²) < 4.78 is 11.4. The van der Waals surface area contributed by atoms with Gasteiger partial charge >= 0.3 is 6.09 Å². The minimum Gasteiger partial charge on any atom is -0.448 e. The summed E-state index contributed by atoms with van der Waals surface area (Å²) in [5, 5.41) is 9.59. The van der Waals surface area contributed by atoms with E-state index in [1.807, 2.05) is 38.1 Å². The summed E-state index contributed by atoms with van der Waals surface area (Å²) in [5.74, 6) is 0.0305. The number of nitrogens with zero attached hydrogens (tertiary/aromatic N) is 1. The van der Waals surface area contributed by atoms with Gasteiger partial charge < -0.3 is 14.6 Å². The van der Waals surface area contributed by atoms with Crippen LogP contribution in [0.25, 0.3) is 11.1 Å². The predicted octanol–water partition coefficient (Wildman–Crippen LogP) is 3.41. The molecular formula is C22H25NO4. The van der Waals surface area contributed by atoms with E-state index in [0.29, 0.717) is 13.2 Å². The molecule has 0 bridgehead atoms. The van der Waals surface area contributed by atoms with Crippen molar-refractivity contribution < 1.29 is 19.4 Å². The van der Waals surface area contributed by atoms with Crippen molar-refractivity contribution in [3.05, 3.63) is 59.7 Å². The first-order valence-electron chi connectivity index (χ1n) is 9.36. The van der Waals surface area contributed by atoms with E-state index in [0.717, 1.165) is 0 Å². The van der Waals surface area contributed by atoms with E-state index in [-0.39, 0.29) is 25.2 Å². The number of ether oxygens (including phenoxy) is 2. The molecule has 1 saturated heterocycles. The number of hydrogen-bond acceptors (Lipinski definition) is 4. The zero-order valence-corrected chi connectivity index (χ0v) is 15.7. The molecular weight excluding hydrogens is 342 g/mol. The zero-order valence-electron chi connectivity index (χ0n) is 15.7. The molecule has 1 aliphatic heterocycles. The van der Waals surface area contributed by atoms with Gasteiger partial charge in [0.05, 0.1) is 31.4 Å². The number of rotatable bonds is 3. The van der Waals surface area contributed by atoms with E-state index in [1.54, 1.807) is 4.90 Å². The first-order chi connectivity index (χ1) is 13.0. The number of morpholine rings is 1. The van der Waals surface area contributed by atoms with E-state index < -0.39 is 11.7 Å². The molecule has 1 unspecified atom stereocenters. The Morgan fingerprint density at radius 2 is 1.74 bits per heavy atom. The Kier molecular flexibility index (Phi) is 4.66. The third kappa shape index (κ3) is 3.33. The lowest BCUT2D eigenvalue weighted by Gasteiger charge is -2.42. The van der Waals surface area contributed by atoms with Crippen LogP contribution in [0.4, 0.5) is 4.79 Å². The molecule has 5 heteroatoms. The number of aliphatic hydroxyl groups is 1. The van der Waals surface area contributed by atoms with Crippen LogP contribution in [-0.2, 0) is 9.47 Å². The number of fused-ring (bicyclic) bond motifs is 3. The van der Waals surface area contributed by atoms with Crippen LogP contribution in [0.15, 0.2) is 48.5 Å². The van der Waals surface area contributed by atoms with Crippen LogP contribution in [0, 0.1) is 0 Å². The number of aliphatic hydroxyl groups excluding tert-OH is 1. The van der Waals surface area contributed by atoms with Crippen LogP contribution >= 0.6 is 0 Å². The lowest BCUT2D eigenvalue weighted by Crippen LogP contribution is -2.57. The number of hydrogen-bond donors (Lipinski definition) is 1. The lowest BCUT2D eigenvalue weighted by atomic mass is 9.98. The first-order valence-corrected chi connectivity index (χ1v) is 9.36. The van der Waals surface area contributed by atoms with Crippen LogP contribution in [0.3, 0.4) is 0 Å². The van der Waals surface area contributed by atoms with Crippen LogP contribution in [0.5, 0.6) is 0 Å². The molecule has 1 N–H and O–H groups in total. The van der Waals surface area contributed by atoms with Gasteiger partial charge in [-0.15, -0.1) is 0 Å². The van der Waals surface area contributed by atoms with Crippen LogP contribution in [-0.4, -0.2) is 54.1 Å². The molecule has 5 nitrogen and oxygen atoms in total. The topological polar surface area (TPSA) is 59.0 Å². The monoisotopic (exact) mass is 367 g/mol. The van der Waals surface area contributed by atoms with Crippen LogP contribution in [0.2, 0.25) is 0 Å². The molecule has 142 valence electrons. The highest BCUT2D eigenvalue weighted by Gasteiger charge is 2.38. The third-order valence-electron chi connectivity index (χ3n) is 5.44. The SMILES string of the molecule is CC1(C)CN(C(=O)OCC2c3ccccc3-c3ccccc32)C(CO)CO1. The molecule has 2 aromatic rings. The summed E-state index contributed by atoms with van der Waals surface area (Å²) in [6, 6.07) is 16.2. The molecule has 4 rings (SSSR count). The van der Waals surface area contributed by atoms with Crippen LogP contribution in [0.1, 0.15) is 30.9 Å². The van der Waals surface area contributed by atoms with E-state index >= 15 is 0 Å². The molecule has 0 aromatic heterocycles. The Morgan fingerprint density at radius 1 is 1.15 bits per heavy atom. The maximum Gasteiger partial charge on any atom is 0.410 e. The molecule has 27 heavy (non-hydrogen) atoms. The number of carbonyl (C=O) groups is 1. The van der Waals surface area contributed by atoms with Gasteiger partial charge in [0, 0.05) is 5.92 Å². The van der Waals surface area contributed by atoms with Gasteiger partial charge in [0.1, 0.15) is 6.61 Å². The molecule has 2 aliphatic rings. The fourth-order valence-electron chi connectivity index (χ4n) is 4.04. The van der Waals surface area contributed by atoms with E-state index in [1.165, 1.54) is 22.3 Å². The summed E-state index contributed by atoms with van der Waals surface area (Å²) >= 11 is 0. The second-order valence-corrected chi connectivity index (χ2v) is 7.84. The minimum absolute atomic E-state index is 0.0305. The number of amides is 1. The fourth-order valence-corrected chi connectivity index (χ4v) is 4.04. The molecule has 1 amide bonds. The summed E-state index contributed by atoms with van der Waals surface area (Å²) in [6.07, 6.45) is -0.396. The van der Waals surface area contributed by atoms with Crippen molar-refractivity contribution in [2.45, 2.75) is 31.4 Å². The van der Waals surface area contributed by atoms with Crippen molar-refractivity contribution in [3.8, 4) is 11.1 Å². The van der Waals surface area contributed by atoms with Crippen LogP contribution < -0.4 is 0 Å². The Bertz CT molecular complexity index is 802. The molecule has 1 atom stereocenters. The fraction of sp³-hybridized carbons (Fsp3) is 0.409. The Hall–Kier alpha value is -2.37. The largest absolute Gasteiger partial charge is 0.448 e. The van der Waals surface area contributed by atoms with Crippen molar-refractivity contribution >= 4 is 6.09 Å². The van der Waals surface area contributed by atoms with E-state index in [2.05, 4.69) is 24.3 Å². The van der Waals surface area contributed by atoms with Crippen molar-refractivity contribution in [3.63, 3.8) is 0 Å². The smallest absolute Gasteiger partial charge is 0.410 e. The molecule has 0 saturated carbocycles. The average molecular weight is 367 g/mol. The normalized spacial score (nSPS) is 20.9. The minimum atomic E-state index is -0.447.